The molecule has 4 aromatic rings. The van der Waals surface area contributed by atoms with Gasteiger partial charge >= 0.3 is 0 Å². The van der Waals surface area contributed by atoms with E-state index in [9.17, 15) is 4.79 Å². The molecule has 3 heteroatoms. The minimum Gasteiger partial charge on any atom is -0.489 e. The third kappa shape index (κ3) is 3.24. The average molecular weight is 355 g/mol. The molecule has 0 unspecified atom stereocenters. The highest BCUT2D eigenvalue weighted by molar-refractivity contribution is 5.91. The predicted octanol–water partition coefficient (Wildman–Crippen LogP) is 5.61. The maximum Gasteiger partial charge on any atom is 0.167 e. The fraction of sp³-hybridized carbons (Fsp3) is 0.125. The number of aldehydes is 1. The summed E-state index contributed by atoms with van der Waals surface area (Å²) in [6.07, 6.45) is 2.86. The van der Waals surface area contributed by atoms with E-state index in [-0.39, 0.29) is 0 Å². The van der Waals surface area contributed by atoms with Crippen molar-refractivity contribution >= 4 is 11.8 Å². The van der Waals surface area contributed by atoms with E-state index in [0.29, 0.717) is 12.3 Å². The smallest absolute Gasteiger partial charge is 0.167 e. The number of ether oxygens (including phenoxy) is 1. The third-order valence-corrected chi connectivity index (χ3v) is 4.91. The first-order valence-corrected chi connectivity index (χ1v) is 9.01. The molecule has 0 bridgehead atoms. The zero-order valence-corrected chi connectivity index (χ0v) is 15.5. The van der Waals surface area contributed by atoms with Crippen molar-refractivity contribution in [2.24, 2.45) is 0 Å². The zero-order chi connectivity index (χ0) is 18.8. The second kappa shape index (κ2) is 7.12. The molecule has 3 nitrogen and oxygen atoms in total. The molecule has 0 radical (unpaired) electrons. The summed E-state index contributed by atoms with van der Waals surface area (Å²) in [6, 6.07) is 22.3. The van der Waals surface area contributed by atoms with Crippen LogP contribution in [-0.2, 0) is 6.61 Å². The molecule has 0 aliphatic heterocycles. The lowest BCUT2D eigenvalue weighted by atomic mass is 10.0. The fourth-order valence-corrected chi connectivity index (χ4v) is 3.47. The number of pyridine rings is 1. The number of hydrogen-bond donors (Lipinski definition) is 0. The molecule has 134 valence electrons. The van der Waals surface area contributed by atoms with Crippen LogP contribution in [0.2, 0.25) is 0 Å². The first-order chi connectivity index (χ1) is 13.2. The lowest BCUT2D eigenvalue weighted by Gasteiger charge is -2.10. The maximum absolute atomic E-state index is 11.8. The number of carbonyl (C=O) groups is 1. The number of rotatable bonds is 5. The Bertz CT molecular complexity index is 1110. The van der Waals surface area contributed by atoms with Crippen LogP contribution in [0.5, 0.6) is 5.75 Å². The standard InChI is InChI=1S/C24H21NO2/c1-17-7-6-12-25-23(17)14-22(24(25)15-26)21-11-10-20(13-18(21)2)27-16-19-8-4-3-5-9-19/h3-15H,16H2,1-2H3. The van der Waals surface area contributed by atoms with Crippen LogP contribution < -0.4 is 4.74 Å². The van der Waals surface area contributed by atoms with Crippen molar-refractivity contribution in [3.63, 3.8) is 0 Å². The Morgan fingerprint density at radius 2 is 1.70 bits per heavy atom. The van der Waals surface area contributed by atoms with Crippen LogP contribution in [0.15, 0.2) is 72.9 Å². The van der Waals surface area contributed by atoms with Gasteiger partial charge in [-0.25, -0.2) is 0 Å². The number of fused-ring (bicyclic) bond motifs is 1. The van der Waals surface area contributed by atoms with Crippen LogP contribution in [0.1, 0.15) is 27.2 Å². The lowest BCUT2D eigenvalue weighted by Crippen LogP contribution is -1.96. The monoisotopic (exact) mass is 355 g/mol. The molecular weight excluding hydrogens is 334 g/mol. The van der Waals surface area contributed by atoms with Crippen LogP contribution >= 0.6 is 0 Å². The molecule has 0 saturated heterocycles. The molecule has 0 saturated carbocycles. The fourth-order valence-electron chi connectivity index (χ4n) is 3.47. The Balaban J connectivity index is 1.68. The number of benzene rings is 2. The van der Waals surface area contributed by atoms with Crippen molar-refractivity contribution in [2.75, 3.05) is 0 Å². The largest absolute Gasteiger partial charge is 0.489 e. The Hall–Kier alpha value is -3.33. The van der Waals surface area contributed by atoms with Crippen molar-refractivity contribution in [2.45, 2.75) is 20.5 Å². The molecule has 0 spiro atoms. The molecule has 0 N–H and O–H groups in total. The molecule has 0 aliphatic carbocycles. The van der Waals surface area contributed by atoms with Gasteiger partial charge in [0.15, 0.2) is 6.29 Å². The maximum atomic E-state index is 11.8. The molecule has 4 rings (SSSR count). The summed E-state index contributed by atoms with van der Waals surface area (Å²) in [4.78, 5) is 11.8. The minimum absolute atomic E-state index is 0.536. The molecule has 0 fully saturated rings. The highest BCUT2D eigenvalue weighted by Gasteiger charge is 2.14. The van der Waals surface area contributed by atoms with E-state index in [1.54, 1.807) is 0 Å². The van der Waals surface area contributed by atoms with Gasteiger partial charge in [-0.1, -0.05) is 42.5 Å². The van der Waals surface area contributed by atoms with Crippen molar-refractivity contribution < 1.29 is 9.53 Å². The van der Waals surface area contributed by atoms with Gasteiger partial charge < -0.3 is 9.14 Å². The molecule has 27 heavy (non-hydrogen) atoms. The summed E-state index contributed by atoms with van der Waals surface area (Å²) >= 11 is 0. The Labute approximate surface area is 158 Å². The van der Waals surface area contributed by atoms with Crippen LogP contribution in [0.4, 0.5) is 0 Å². The Morgan fingerprint density at radius 1 is 0.889 bits per heavy atom. The molecule has 0 amide bonds. The second-order valence-electron chi connectivity index (χ2n) is 6.76. The van der Waals surface area contributed by atoms with Crippen LogP contribution in [0, 0.1) is 13.8 Å². The minimum atomic E-state index is 0.536. The summed E-state index contributed by atoms with van der Waals surface area (Å²) in [6.45, 7) is 4.64. The lowest BCUT2D eigenvalue weighted by molar-refractivity contribution is 0.111. The molecular formula is C24H21NO2. The highest BCUT2D eigenvalue weighted by Crippen LogP contribution is 2.32. The summed E-state index contributed by atoms with van der Waals surface area (Å²) in [5.41, 5.74) is 7.09. The van der Waals surface area contributed by atoms with E-state index in [0.717, 1.165) is 45.4 Å². The van der Waals surface area contributed by atoms with Crippen molar-refractivity contribution in [3.05, 3.63) is 95.3 Å². The molecule has 2 aromatic carbocycles. The van der Waals surface area contributed by atoms with E-state index in [4.69, 9.17) is 4.74 Å². The first kappa shape index (κ1) is 17.1. The number of carbonyl (C=O) groups excluding carboxylic acids is 1. The van der Waals surface area contributed by atoms with Gasteiger partial charge in [0, 0.05) is 17.3 Å². The van der Waals surface area contributed by atoms with Gasteiger partial charge in [0.25, 0.3) is 0 Å². The summed E-state index contributed by atoms with van der Waals surface area (Å²) in [5.74, 6) is 0.827. The molecule has 2 aromatic heterocycles. The van der Waals surface area contributed by atoms with Crippen molar-refractivity contribution in [1.29, 1.82) is 0 Å². The number of aromatic nitrogens is 1. The first-order valence-electron chi connectivity index (χ1n) is 9.01. The molecule has 0 aliphatic rings. The Kier molecular flexibility index (Phi) is 4.51. The topological polar surface area (TPSA) is 30.7 Å². The van der Waals surface area contributed by atoms with E-state index < -0.39 is 0 Å². The van der Waals surface area contributed by atoms with Gasteiger partial charge in [0.2, 0.25) is 0 Å². The molecule has 2 heterocycles. The van der Waals surface area contributed by atoms with E-state index in [2.05, 4.69) is 26.0 Å². The van der Waals surface area contributed by atoms with Gasteiger partial charge in [-0.05, 0) is 60.4 Å². The van der Waals surface area contributed by atoms with Crippen LogP contribution in [0.25, 0.3) is 16.6 Å². The van der Waals surface area contributed by atoms with Gasteiger partial charge in [0.05, 0.1) is 5.69 Å². The second-order valence-corrected chi connectivity index (χ2v) is 6.76. The highest BCUT2D eigenvalue weighted by atomic mass is 16.5. The predicted molar refractivity (Wildman–Crippen MR) is 108 cm³/mol. The summed E-state index contributed by atoms with van der Waals surface area (Å²) < 4.78 is 7.88. The van der Waals surface area contributed by atoms with E-state index >= 15 is 0 Å². The average Bonchev–Trinajstić information content (AvgIpc) is 3.07. The quantitative estimate of drug-likeness (QED) is 0.435. The van der Waals surface area contributed by atoms with Gasteiger partial charge in [-0.2, -0.15) is 0 Å². The van der Waals surface area contributed by atoms with Crippen LogP contribution in [-0.4, -0.2) is 10.7 Å². The number of nitrogens with zero attached hydrogens (tertiary/aromatic N) is 1. The van der Waals surface area contributed by atoms with E-state index in [1.165, 1.54) is 0 Å². The third-order valence-electron chi connectivity index (χ3n) is 4.91. The van der Waals surface area contributed by atoms with Crippen molar-refractivity contribution in [3.8, 4) is 16.9 Å². The summed E-state index contributed by atoms with van der Waals surface area (Å²) in [7, 11) is 0. The van der Waals surface area contributed by atoms with Gasteiger partial charge in [-0.3, -0.25) is 4.79 Å². The van der Waals surface area contributed by atoms with Gasteiger partial charge in [-0.15, -0.1) is 0 Å². The SMILES string of the molecule is Cc1cc(OCc2ccccc2)ccc1-c1cc2c(C)cccn2c1C=O. The Morgan fingerprint density at radius 3 is 2.44 bits per heavy atom. The van der Waals surface area contributed by atoms with Gasteiger partial charge in [0.1, 0.15) is 12.4 Å². The van der Waals surface area contributed by atoms with E-state index in [1.807, 2.05) is 65.2 Å². The normalized spacial score (nSPS) is 10.9. The summed E-state index contributed by atoms with van der Waals surface area (Å²) in [5, 5.41) is 0. The van der Waals surface area contributed by atoms with Crippen molar-refractivity contribution in [1.82, 2.24) is 4.40 Å². The van der Waals surface area contributed by atoms with Crippen LogP contribution in [0.3, 0.4) is 0 Å². The number of aryl methyl sites for hydroxylation is 2. The zero-order valence-electron chi connectivity index (χ0n) is 15.5. The number of hydrogen-bond acceptors (Lipinski definition) is 2. The molecule has 0 atom stereocenters.